The number of non-ortho nitro benzene ring substituents is 1. The highest BCUT2D eigenvalue weighted by Gasteiger charge is 2.30. The average molecular weight is 223 g/mol. The number of hydrogen-bond acceptors (Lipinski definition) is 5. The Morgan fingerprint density at radius 1 is 1.62 bits per heavy atom. The molecule has 1 heterocycles. The van der Waals surface area contributed by atoms with Crippen molar-refractivity contribution in [1.29, 1.82) is 0 Å². The van der Waals surface area contributed by atoms with Crippen LogP contribution in [0.3, 0.4) is 0 Å². The minimum Gasteiger partial charge on any atom is -0.478 e. The number of nitro groups is 1. The Morgan fingerprint density at radius 3 is 3.00 bits per heavy atom. The van der Waals surface area contributed by atoms with Gasteiger partial charge in [-0.1, -0.05) is 0 Å². The summed E-state index contributed by atoms with van der Waals surface area (Å²) in [6, 6.07) is 4.26. The van der Waals surface area contributed by atoms with Crippen molar-refractivity contribution in [2.24, 2.45) is 0 Å². The molecule has 0 amide bonds. The summed E-state index contributed by atoms with van der Waals surface area (Å²) < 4.78 is 9.84. The first-order valence-electron chi connectivity index (χ1n) is 4.63. The summed E-state index contributed by atoms with van der Waals surface area (Å²) in [5, 5.41) is 10.5. The van der Waals surface area contributed by atoms with E-state index in [-0.39, 0.29) is 5.69 Å². The SMILES string of the molecule is COC(=O)C1Cc2cc([N+](=O)[O-])ccc2O1. The van der Waals surface area contributed by atoms with E-state index < -0.39 is 17.0 Å². The Bertz CT molecular complexity index is 457. The number of fused-ring (bicyclic) bond motifs is 1. The standard InChI is InChI=1S/C10H9NO5/c1-15-10(12)9-5-6-4-7(11(13)14)2-3-8(6)16-9/h2-4,9H,5H2,1H3. The van der Waals surface area contributed by atoms with Gasteiger partial charge in [0, 0.05) is 24.1 Å². The second-order valence-electron chi connectivity index (χ2n) is 3.38. The van der Waals surface area contributed by atoms with E-state index in [1.54, 1.807) is 0 Å². The fraction of sp³-hybridized carbons (Fsp3) is 0.300. The van der Waals surface area contributed by atoms with Crippen molar-refractivity contribution in [3.63, 3.8) is 0 Å². The number of esters is 1. The van der Waals surface area contributed by atoms with Gasteiger partial charge in [-0.05, 0) is 6.07 Å². The summed E-state index contributed by atoms with van der Waals surface area (Å²) in [7, 11) is 1.27. The number of nitrogens with zero attached hydrogens (tertiary/aromatic N) is 1. The highest BCUT2D eigenvalue weighted by molar-refractivity contribution is 5.76. The largest absolute Gasteiger partial charge is 0.478 e. The van der Waals surface area contributed by atoms with Crippen molar-refractivity contribution < 1.29 is 19.2 Å². The minimum atomic E-state index is -0.693. The van der Waals surface area contributed by atoms with Crippen LogP contribution in [0.1, 0.15) is 5.56 Å². The lowest BCUT2D eigenvalue weighted by atomic mass is 10.1. The van der Waals surface area contributed by atoms with E-state index >= 15 is 0 Å². The molecule has 0 N–H and O–H groups in total. The zero-order chi connectivity index (χ0) is 11.7. The van der Waals surface area contributed by atoms with Gasteiger partial charge in [0.25, 0.3) is 5.69 Å². The third-order valence-corrected chi connectivity index (χ3v) is 2.39. The van der Waals surface area contributed by atoms with Gasteiger partial charge in [-0.25, -0.2) is 4.79 Å². The van der Waals surface area contributed by atoms with Gasteiger partial charge in [-0.15, -0.1) is 0 Å². The van der Waals surface area contributed by atoms with Crippen molar-refractivity contribution in [2.45, 2.75) is 12.5 Å². The molecule has 0 bridgehead atoms. The van der Waals surface area contributed by atoms with Crippen LogP contribution < -0.4 is 4.74 Å². The Balaban J connectivity index is 2.24. The quantitative estimate of drug-likeness (QED) is 0.425. The minimum absolute atomic E-state index is 0.00661. The predicted octanol–water partition coefficient (Wildman–Crippen LogP) is 1.07. The fourth-order valence-corrected chi connectivity index (χ4v) is 1.61. The van der Waals surface area contributed by atoms with Gasteiger partial charge >= 0.3 is 5.97 Å². The number of nitro benzene ring substituents is 1. The first-order chi connectivity index (χ1) is 7.61. The monoisotopic (exact) mass is 223 g/mol. The van der Waals surface area contributed by atoms with Crippen molar-refractivity contribution in [3.8, 4) is 5.75 Å². The summed E-state index contributed by atoms with van der Waals surface area (Å²) in [4.78, 5) is 21.3. The zero-order valence-electron chi connectivity index (χ0n) is 8.50. The van der Waals surface area contributed by atoms with Crippen LogP contribution in [0.2, 0.25) is 0 Å². The van der Waals surface area contributed by atoms with Crippen LogP contribution in [0.25, 0.3) is 0 Å². The molecule has 0 radical (unpaired) electrons. The molecule has 0 saturated heterocycles. The lowest BCUT2D eigenvalue weighted by molar-refractivity contribution is -0.384. The topological polar surface area (TPSA) is 78.7 Å². The van der Waals surface area contributed by atoms with Crippen molar-refractivity contribution in [3.05, 3.63) is 33.9 Å². The molecule has 6 heteroatoms. The van der Waals surface area contributed by atoms with Crippen LogP contribution in [0.15, 0.2) is 18.2 Å². The smallest absolute Gasteiger partial charge is 0.347 e. The Hall–Kier alpha value is -2.11. The number of rotatable bonds is 2. The lowest BCUT2D eigenvalue weighted by Crippen LogP contribution is -2.26. The Morgan fingerprint density at radius 2 is 2.38 bits per heavy atom. The molecule has 0 aliphatic carbocycles. The summed E-state index contributed by atoms with van der Waals surface area (Å²) in [6.07, 6.45) is -0.383. The van der Waals surface area contributed by atoms with Crippen molar-refractivity contribution >= 4 is 11.7 Å². The molecular formula is C10H9NO5. The maximum atomic E-state index is 11.2. The van der Waals surface area contributed by atoms with E-state index in [1.165, 1.54) is 25.3 Å². The van der Waals surface area contributed by atoms with Crippen LogP contribution in [0.4, 0.5) is 5.69 Å². The normalized spacial score (nSPS) is 17.4. The molecule has 2 rings (SSSR count). The lowest BCUT2D eigenvalue weighted by Gasteiger charge is -2.06. The molecule has 1 atom stereocenters. The zero-order valence-corrected chi connectivity index (χ0v) is 8.50. The molecular weight excluding hydrogens is 214 g/mol. The molecule has 16 heavy (non-hydrogen) atoms. The van der Waals surface area contributed by atoms with E-state index in [1.807, 2.05) is 0 Å². The van der Waals surface area contributed by atoms with Gasteiger partial charge in [-0.3, -0.25) is 10.1 Å². The highest BCUT2D eigenvalue weighted by atomic mass is 16.6. The average Bonchev–Trinajstić information content (AvgIpc) is 2.70. The Kier molecular flexibility index (Phi) is 2.47. The summed E-state index contributed by atoms with van der Waals surface area (Å²) in [5.41, 5.74) is 0.650. The van der Waals surface area contributed by atoms with Crippen LogP contribution in [-0.2, 0) is 16.0 Å². The van der Waals surface area contributed by atoms with Gasteiger partial charge < -0.3 is 9.47 Å². The van der Waals surface area contributed by atoms with Gasteiger partial charge in [0.05, 0.1) is 12.0 Å². The molecule has 1 unspecified atom stereocenters. The number of carbonyl (C=O) groups is 1. The van der Waals surface area contributed by atoms with Crippen LogP contribution >= 0.6 is 0 Å². The number of hydrogen-bond donors (Lipinski definition) is 0. The number of ether oxygens (including phenoxy) is 2. The van der Waals surface area contributed by atoms with Gasteiger partial charge in [0.1, 0.15) is 5.75 Å². The van der Waals surface area contributed by atoms with Crippen molar-refractivity contribution in [2.75, 3.05) is 7.11 Å². The molecule has 84 valence electrons. The van der Waals surface area contributed by atoms with Gasteiger partial charge in [0.15, 0.2) is 6.10 Å². The number of benzene rings is 1. The Labute approximate surface area is 90.9 Å². The second kappa shape index (κ2) is 3.80. The van der Waals surface area contributed by atoms with E-state index in [0.29, 0.717) is 17.7 Å². The number of methoxy groups -OCH3 is 1. The second-order valence-corrected chi connectivity index (χ2v) is 3.38. The molecule has 6 nitrogen and oxygen atoms in total. The van der Waals surface area contributed by atoms with Crippen LogP contribution in [0.5, 0.6) is 5.75 Å². The highest BCUT2D eigenvalue weighted by Crippen LogP contribution is 2.32. The maximum Gasteiger partial charge on any atom is 0.347 e. The summed E-state index contributed by atoms with van der Waals surface area (Å²) in [6.45, 7) is 0. The number of carbonyl (C=O) groups excluding carboxylic acids is 1. The maximum absolute atomic E-state index is 11.2. The van der Waals surface area contributed by atoms with E-state index in [2.05, 4.69) is 4.74 Å². The third kappa shape index (κ3) is 1.69. The van der Waals surface area contributed by atoms with Crippen LogP contribution in [-0.4, -0.2) is 24.1 Å². The first-order valence-corrected chi connectivity index (χ1v) is 4.63. The molecule has 0 saturated carbocycles. The molecule has 1 aromatic rings. The fourth-order valence-electron chi connectivity index (χ4n) is 1.61. The molecule has 1 aliphatic heterocycles. The van der Waals surface area contributed by atoms with Gasteiger partial charge in [-0.2, -0.15) is 0 Å². The first kappa shape index (κ1) is 10.4. The molecule has 0 aromatic heterocycles. The van der Waals surface area contributed by atoms with Crippen molar-refractivity contribution in [1.82, 2.24) is 0 Å². The molecule has 1 aliphatic rings. The molecule has 0 fully saturated rings. The summed E-state index contributed by atoms with van der Waals surface area (Å²) in [5.74, 6) is 0.0276. The van der Waals surface area contributed by atoms with E-state index in [0.717, 1.165) is 0 Å². The van der Waals surface area contributed by atoms with Crippen LogP contribution in [0, 0.1) is 10.1 Å². The molecule has 1 aromatic carbocycles. The van der Waals surface area contributed by atoms with E-state index in [9.17, 15) is 14.9 Å². The predicted molar refractivity (Wildman–Crippen MR) is 53.2 cm³/mol. The van der Waals surface area contributed by atoms with E-state index in [4.69, 9.17) is 4.74 Å². The molecule has 0 spiro atoms. The third-order valence-electron chi connectivity index (χ3n) is 2.39. The van der Waals surface area contributed by atoms with Gasteiger partial charge in [0.2, 0.25) is 0 Å². The summed E-state index contributed by atoms with van der Waals surface area (Å²) >= 11 is 0.